The molecule has 0 amide bonds. The summed E-state index contributed by atoms with van der Waals surface area (Å²) in [6.45, 7) is 4.06. The maximum absolute atomic E-state index is 11.4. The molecule has 0 aliphatic carbocycles. The van der Waals surface area contributed by atoms with Crippen LogP contribution in [0.25, 0.3) is 0 Å². The van der Waals surface area contributed by atoms with Crippen molar-refractivity contribution in [2.24, 2.45) is 0 Å². The normalized spacial score (nSPS) is 12.2. The number of rotatable bonds is 4. The van der Waals surface area contributed by atoms with Gasteiger partial charge in [0.2, 0.25) is 0 Å². The van der Waals surface area contributed by atoms with Gasteiger partial charge in [-0.1, -0.05) is 17.7 Å². The third-order valence-electron chi connectivity index (χ3n) is 2.25. The van der Waals surface area contributed by atoms with Crippen molar-refractivity contribution in [1.29, 1.82) is 0 Å². The Bertz CT molecular complexity index is 377. The SMILES string of the molecule is CCOC(=O)C(Cl)Cc1cc(Cl)ccc1C. The van der Waals surface area contributed by atoms with Crippen LogP contribution in [-0.2, 0) is 16.0 Å². The predicted molar refractivity (Wildman–Crippen MR) is 66.2 cm³/mol. The van der Waals surface area contributed by atoms with Gasteiger partial charge in [-0.2, -0.15) is 0 Å². The first-order chi connectivity index (χ1) is 7.54. The van der Waals surface area contributed by atoms with E-state index in [-0.39, 0.29) is 5.97 Å². The molecule has 0 radical (unpaired) electrons. The molecule has 4 heteroatoms. The van der Waals surface area contributed by atoms with E-state index in [2.05, 4.69) is 0 Å². The Morgan fingerprint density at radius 3 is 2.81 bits per heavy atom. The standard InChI is InChI=1S/C12H14Cl2O2/c1-3-16-12(15)11(14)7-9-6-10(13)5-4-8(9)2/h4-6,11H,3,7H2,1-2H3. The molecule has 1 unspecified atom stereocenters. The molecule has 0 heterocycles. The monoisotopic (exact) mass is 260 g/mol. The van der Waals surface area contributed by atoms with Gasteiger partial charge in [-0.05, 0) is 43.5 Å². The molecule has 2 nitrogen and oxygen atoms in total. The predicted octanol–water partition coefficient (Wildman–Crippen LogP) is 3.36. The molecule has 0 N–H and O–H groups in total. The molecular weight excluding hydrogens is 247 g/mol. The fraction of sp³-hybridized carbons (Fsp3) is 0.417. The molecule has 0 aromatic heterocycles. The largest absolute Gasteiger partial charge is 0.465 e. The fourth-order valence-electron chi connectivity index (χ4n) is 1.37. The number of halogens is 2. The fourth-order valence-corrected chi connectivity index (χ4v) is 1.79. The van der Waals surface area contributed by atoms with Gasteiger partial charge in [-0.25, -0.2) is 0 Å². The van der Waals surface area contributed by atoms with Crippen LogP contribution in [0.1, 0.15) is 18.1 Å². The van der Waals surface area contributed by atoms with E-state index in [0.29, 0.717) is 18.1 Å². The van der Waals surface area contributed by atoms with Crippen molar-refractivity contribution in [1.82, 2.24) is 0 Å². The second-order valence-electron chi connectivity index (χ2n) is 3.49. The van der Waals surface area contributed by atoms with E-state index in [9.17, 15) is 4.79 Å². The lowest BCUT2D eigenvalue weighted by molar-refractivity contribution is -0.142. The van der Waals surface area contributed by atoms with E-state index in [1.54, 1.807) is 6.92 Å². The highest BCUT2D eigenvalue weighted by Gasteiger charge is 2.17. The third kappa shape index (κ3) is 3.69. The van der Waals surface area contributed by atoms with Crippen LogP contribution in [0.3, 0.4) is 0 Å². The Morgan fingerprint density at radius 1 is 1.50 bits per heavy atom. The topological polar surface area (TPSA) is 26.3 Å². The van der Waals surface area contributed by atoms with E-state index < -0.39 is 5.38 Å². The first-order valence-corrected chi connectivity index (χ1v) is 5.91. The van der Waals surface area contributed by atoms with E-state index in [1.165, 1.54) is 0 Å². The van der Waals surface area contributed by atoms with Crippen LogP contribution in [0.4, 0.5) is 0 Å². The maximum Gasteiger partial charge on any atom is 0.324 e. The van der Waals surface area contributed by atoms with Gasteiger partial charge in [-0.3, -0.25) is 4.79 Å². The highest BCUT2D eigenvalue weighted by Crippen LogP contribution is 2.19. The van der Waals surface area contributed by atoms with E-state index in [1.807, 2.05) is 25.1 Å². The van der Waals surface area contributed by atoms with Crippen molar-refractivity contribution in [2.75, 3.05) is 6.61 Å². The number of hydrogen-bond donors (Lipinski definition) is 0. The molecule has 1 aromatic rings. The second-order valence-corrected chi connectivity index (χ2v) is 4.46. The summed E-state index contributed by atoms with van der Waals surface area (Å²) in [5.74, 6) is -0.386. The Labute approximate surface area is 106 Å². The van der Waals surface area contributed by atoms with Gasteiger partial charge in [0.05, 0.1) is 6.61 Å². The van der Waals surface area contributed by atoms with Crippen LogP contribution in [0.5, 0.6) is 0 Å². The number of aryl methyl sites for hydroxylation is 1. The molecule has 0 saturated heterocycles. The van der Waals surface area contributed by atoms with Gasteiger partial charge >= 0.3 is 5.97 Å². The summed E-state index contributed by atoms with van der Waals surface area (Å²) in [6, 6.07) is 5.55. The van der Waals surface area contributed by atoms with Crippen molar-refractivity contribution in [3.63, 3.8) is 0 Å². The summed E-state index contributed by atoms with van der Waals surface area (Å²) >= 11 is 11.8. The molecule has 0 fully saturated rings. The molecule has 1 atom stereocenters. The van der Waals surface area contributed by atoms with Gasteiger partial charge in [-0.15, -0.1) is 11.6 Å². The minimum absolute atomic E-state index is 0.344. The first kappa shape index (κ1) is 13.3. The van der Waals surface area contributed by atoms with Crippen molar-refractivity contribution in [2.45, 2.75) is 25.6 Å². The Hall–Kier alpha value is -0.730. The molecule has 16 heavy (non-hydrogen) atoms. The molecule has 1 rings (SSSR count). The summed E-state index contributed by atoms with van der Waals surface area (Å²) in [5.41, 5.74) is 2.04. The second kappa shape index (κ2) is 6.12. The quantitative estimate of drug-likeness (QED) is 0.613. The molecule has 0 aliphatic heterocycles. The zero-order chi connectivity index (χ0) is 12.1. The average Bonchev–Trinajstić information content (AvgIpc) is 2.23. The highest BCUT2D eigenvalue weighted by atomic mass is 35.5. The third-order valence-corrected chi connectivity index (χ3v) is 2.82. The van der Waals surface area contributed by atoms with Crippen LogP contribution in [0.15, 0.2) is 18.2 Å². The molecule has 88 valence electrons. The zero-order valence-corrected chi connectivity index (χ0v) is 10.8. The van der Waals surface area contributed by atoms with Gasteiger partial charge < -0.3 is 4.74 Å². The molecule has 1 aromatic carbocycles. The lowest BCUT2D eigenvalue weighted by atomic mass is 10.0. The van der Waals surface area contributed by atoms with Crippen molar-refractivity contribution >= 4 is 29.2 Å². The number of esters is 1. The van der Waals surface area contributed by atoms with Crippen LogP contribution in [0, 0.1) is 6.92 Å². The molecule has 0 aliphatic rings. The minimum atomic E-state index is -0.655. The van der Waals surface area contributed by atoms with Crippen LogP contribution < -0.4 is 0 Å². The summed E-state index contributed by atoms with van der Waals surface area (Å²) in [6.07, 6.45) is 0.437. The van der Waals surface area contributed by atoms with Crippen molar-refractivity contribution in [3.05, 3.63) is 34.3 Å². The number of benzene rings is 1. The highest BCUT2D eigenvalue weighted by molar-refractivity contribution is 6.31. The number of hydrogen-bond acceptors (Lipinski definition) is 2. The number of carbonyl (C=O) groups is 1. The van der Waals surface area contributed by atoms with Crippen LogP contribution in [0.2, 0.25) is 5.02 Å². The zero-order valence-electron chi connectivity index (χ0n) is 9.30. The van der Waals surface area contributed by atoms with Gasteiger partial charge in [0.1, 0.15) is 5.38 Å². The van der Waals surface area contributed by atoms with Crippen molar-refractivity contribution < 1.29 is 9.53 Å². The smallest absolute Gasteiger partial charge is 0.324 e. The summed E-state index contributed by atoms with van der Waals surface area (Å²) < 4.78 is 4.84. The van der Waals surface area contributed by atoms with Crippen molar-refractivity contribution in [3.8, 4) is 0 Å². The summed E-state index contributed by atoms with van der Waals surface area (Å²) in [5, 5.41) is -0.00885. The summed E-state index contributed by atoms with van der Waals surface area (Å²) in [4.78, 5) is 11.4. The molecule has 0 bridgehead atoms. The average molecular weight is 261 g/mol. The molecule has 0 saturated carbocycles. The number of carbonyl (C=O) groups excluding carboxylic acids is 1. The Morgan fingerprint density at radius 2 is 2.19 bits per heavy atom. The number of ether oxygens (including phenoxy) is 1. The van der Waals surface area contributed by atoms with Gasteiger partial charge in [0.25, 0.3) is 0 Å². The Kier molecular flexibility index (Phi) is 5.10. The first-order valence-electron chi connectivity index (χ1n) is 5.10. The maximum atomic E-state index is 11.4. The van der Waals surface area contributed by atoms with Crippen LogP contribution in [-0.4, -0.2) is 18.0 Å². The molecule has 0 spiro atoms. The Balaban J connectivity index is 2.72. The summed E-state index contributed by atoms with van der Waals surface area (Å²) in [7, 11) is 0. The minimum Gasteiger partial charge on any atom is -0.465 e. The van der Waals surface area contributed by atoms with Gasteiger partial charge in [0.15, 0.2) is 0 Å². The van der Waals surface area contributed by atoms with E-state index in [0.717, 1.165) is 11.1 Å². The number of alkyl halides is 1. The molecular formula is C12H14Cl2O2. The van der Waals surface area contributed by atoms with Crippen LogP contribution >= 0.6 is 23.2 Å². The van der Waals surface area contributed by atoms with E-state index in [4.69, 9.17) is 27.9 Å². The lowest BCUT2D eigenvalue weighted by Gasteiger charge is -2.11. The van der Waals surface area contributed by atoms with E-state index >= 15 is 0 Å². The van der Waals surface area contributed by atoms with Gasteiger partial charge in [0, 0.05) is 5.02 Å². The lowest BCUT2D eigenvalue weighted by Crippen LogP contribution is -2.20.